The van der Waals surface area contributed by atoms with Crippen LogP contribution in [0.15, 0.2) is 120 Å². The Morgan fingerprint density at radius 3 is 1.91 bits per heavy atom. The molecule has 0 bridgehead atoms. The molecule has 10 heteroatoms. The zero-order valence-electron chi connectivity index (χ0n) is 33.4. The third-order valence-electron chi connectivity index (χ3n) is 10.4. The van der Waals surface area contributed by atoms with Crippen LogP contribution in [0.2, 0.25) is 0 Å². The number of allylic oxidation sites excluding steroid dienone is 1. The third-order valence-corrected chi connectivity index (χ3v) is 12.5. The van der Waals surface area contributed by atoms with Crippen LogP contribution in [0.1, 0.15) is 76.6 Å². The van der Waals surface area contributed by atoms with Crippen molar-refractivity contribution in [1.29, 1.82) is 0 Å². The lowest BCUT2D eigenvalue weighted by molar-refractivity contribution is -0.127. The Bertz CT molecular complexity index is 2660. The molecule has 1 unspecified atom stereocenters. The Morgan fingerprint density at radius 1 is 0.724 bits per heavy atom. The lowest BCUT2D eigenvalue weighted by Gasteiger charge is -2.18. The zero-order chi connectivity index (χ0) is 40.4. The van der Waals surface area contributed by atoms with Crippen LogP contribution in [0.5, 0.6) is 0 Å². The number of aromatic amines is 1. The molecule has 1 aliphatic rings. The molecule has 0 radical (unpaired) electrons. The summed E-state index contributed by atoms with van der Waals surface area (Å²) in [7, 11) is 0. The zero-order valence-corrected chi connectivity index (χ0v) is 35.0. The van der Waals surface area contributed by atoms with Crippen LogP contribution >= 0.6 is 22.7 Å². The van der Waals surface area contributed by atoms with E-state index in [2.05, 4.69) is 65.9 Å². The molecule has 1 aliphatic heterocycles. The largest absolute Gasteiger partial charge is 0.341 e. The second-order valence-electron chi connectivity index (χ2n) is 15.5. The van der Waals surface area contributed by atoms with Crippen molar-refractivity contribution in [2.24, 2.45) is 16.3 Å². The molecule has 3 N–H and O–H groups in total. The maximum absolute atomic E-state index is 14.1. The predicted octanol–water partition coefficient (Wildman–Crippen LogP) is 12.2. The van der Waals surface area contributed by atoms with Gasteiger partial charge in [0.25, 0.3) is 0 Å². The van der Waals surface area contributed by atoms with Gasteiger partial charge in [0, 0.05) is 22.5 Å². The van der Waals surface area contributed by atoms with Crippen molar-refractivity contribution in [3.05, 3.63) is 131 Å². The molecule has 0 fully saturated rings. The van der Waals surface area contributed by atoms with E-state index < -0.39 is 5.41 Å². The topological polar surface area (TPSA) is 112 Å². The van der Waals surface area contributed by atoms with Gasteiger partial charge in [-0.2, -0.15) is 0 Å². The number of carbonyl (C=O) groups is 2. The van der Waals surface area contributed by atoms with Crippen molar-refractivity contribution in [2.75, 3.05) is 5.32 Å². The SMILES string of the molecule is CCCCC(CC)C(=O)Nc1[nH]c(C=C2N=C(NC(=O)C(C)(C)C)C(c3nc4ccccc4s3)=C2c2ccccc2)c(-c2ccccc2)c1-c1nc2ccccc2s1. The van der Waals surface area contributed by atoms with Crippen LogP contribution in [-0.2, 0) is 9.59 Å². The number of para-hydroxylation sites is 2. The van der Waals surface area contributed by atoms with Crippen molar-refractivity contribution in [1.82, 2.24) is 20.3 Å². The molecular weight excluding hydrogens is 757 g/mol. The van der Waals surface area contributed by atoms with Crippen molar-refractivity contribution < 1.29 is 9.59 Å². The van der Waals surface area contributed by atoms with Gasteiger partial charge in [0.2, 0.25) is 11.8 Å². The number of hydrogen-bond donors (Lipinski definition) is 3. The number of anilines is 1. The number of aromatic nitrogens is 3. The molecule has 4 heterocycles. The molecule has 4 aromatic carbocycles. The summed E-state index contributed by atoms with van der Waals surface area (Å²) < 4.78 is 2.09. The molecule has 7 aromatic rings. The fourth-order valence-electron chi connectivity index (χ4n) is 7.21. The number of nitrogens with one attached hydrogen (secondary N) is 3. The van der Waals surface area contributed by atoms with Crippen molar-refractivity contribution in [3.63, 3.8) is 0 Å². The van der Waals surface area contributed by atoms with E-state index in [4.69, 9.17) is 15.0 Å². The molecule has 0 spiro atoms. The van der Waals surface area contributed by atoms with Crippen LogP contribution in [0.25, 0.3) is 59.4 Å². The van der Waals surface area contributed by atoms with Crippen LogP contribution < -0.4 is 10.6 Å². The number of rotatable bonds is 11. The molecule has 2 amide bonds. The predicted molar refractivity (Wildman–Crippen MR) is 243 cm³/mol. The molecular formula is C48H46N6O2S2. The van der Waals surface area contributed by atoms with Crippen LogP contribution in [0.4, 0.5) is 5.82 Å². The van der Waals surface area contributed by atoms with Gasteiger partial charge < -0.3 is 15.6 Å². The molecule has 1 atom stereocenters. The minimum atomic E-state index is -0.673. The summed E-state index contributed by atoms with van der Waals surface area (Å²) in [6.07, 6.45) is 5.59. The van der Waals surface area contributed by atoms with Crippen LogP contribution in [-0.4, -0.2) is 32.6 Å². The first-order valence-electron chi connectivity index (χ1n) is 19.9. The van der Waals surface area contributed by atoms with Gasteiger partial charge in [-0.25, -0.2) is 15.0 Å². The number of nitrogens with zero attached hydrogens (tertiary/aromatic N) is 3. The number of benzene rings is 4. The highest BCUT2D eigenvalue weighted by Gasteiger charge is 2.33. The lowest BCUT2D eigenvalue weighted by atomic mass is 9.94. The average molecular weight is 803 g/mol. The van der Waals surface area contributed by atoms with Gasteiger partial charge in [0.1, 0.15) is 21.7 Å². The molecule has 292 valence electrons. The first-order valence-corrected chi connectivity index (χ1v) is 21.5. The summed E-state index contributed by atoms with van der Waals surface area (Å²) >= 11 is 3.17. The molecule has 8 rings (SSSR count). The highest BCUT2D eigenvalue weighted by atomic mass is 32.1. The van der Waals surface area contributed by atoms with Crippen molar-refractivity contribution in [3.8, 4) is 21.7 Å². The smallest absolute Gasteiger partial charge is 0.230 e. The third kappa shape index (κ3) is 7.82. The van der Waals surface area contributed by atoms with Gasteiger partial charge in [-0.05, 0) is 54.3 Å². The summed E-state index contributed by atoms with van der Waals surface area (Å²) in [5.74, 6) is 0.724. The minimum Gasteiger partial charge on any atom is -0.341 e. The second kappa shape index (κ2) is 16.5. The maximum atomic E-state index is 14.1. The Balaban J connectivity index is 1.40. The number of thiazole rings is 2. The summed E-state index contributed by atoms with van der Waals surface area (Å²) in [5.41, 5.74) is 7.68. The second-order valence-corrected chi connectivity index (χ2v) is 17.6. The highest BCUT2D eigenvalue weighted by Crippen LogP contribution is 2.47. The molecule has 0 saturated heterocycles. The van der Waals surface area contributed by atoms with E-state index in [0.717, 1.165) is 95.2 Å². The van der Waals surface area contributed by atoms with E-state index in [1.807, 2.05) is 99.6 Å². The number of hydrogen-bond acceptors (Lipinski definition) is 7. The quantitative estimate of drug-likeness (QED) is 0.121. The number of amidine groups is 1. The van der Waals surface area contributed by atoms with E-state index in [1.54, 1.807) is 22.7 Å². The fourth-order valence-corrected chi connectivity index (χ4v) is 9.25. The average Bonchev–Trinajstić information content (AvgIpc) is 4.01. The summed E-state index contributed by atoms with van der Waals surface area (Å²) in [6.45, 7) is 9.90. The van der Waals surface area contributed by atoms with Gasteiger partial charge in [-0.15, -0.1) is 22.7 Å². The van der Waals surface area contributed by atoms with Crippen LogP contribution in [0, 0.1) is 11.3 Å². The first-order chi connectivity index (χ1) is 28.1. The normalized spacial score (nSPS) is 14.4. The molecule has 8 nitrogen and oxygen atoms in total. The summed E-state index contributed by atoms with van der Waals surface area (Å²) in [6, 6.07) is 36.5. The number of aliphatic imine (C=N–C) groups is 1. The molecule has 0 aliphatic carbocycles. The minimum absolute atomic E-state index is 0.0209. The van der Waals surface area contributed by atoms with Gasteiger partial charge in [-0.3, -0.25) is 9.59 Å². The monoisotopic (exact) mass is 802 g/mol. The number of unbranched alkanes of at least 4 members (excludes halogenated alkanes) is 1. The van der Waals surface area contributed by atoms with Gasteiger partial charge in [-0.1, -0.05) is 132 Å². The fraction of sp³-hybridized carbons (Fsp3) is 0.229. The molecule has 58 heavy (non-hydrogen) atoms. The Labute approximate surface area is 346 Å². The highest BCUT2D eigenvalue weighted by molar-refractivity contribution is 7.21. The van der Waals surface area contributed by atoms with E-state index in [0.29, 0.717) is 17.4 Å². The summed E-state index contributed by atoms with van der Waals surface area (Å²) in [5, 5.41) is 8.09. The van der Waals surface area contributed by atoms with Crippen molar-refractivity contribution in [2.45, 2.75) is 60.3 Å². The lowest BCUT2D eigenvalue weighted by Crippen LogP contribution is -2.39. The number of amides is 2. The van der Waals surface area contributed by atoms with Crippen LogP contribution in [0.3, 0.4) is 0 Å². The van der Waals surface area contributed by atoms with Gasteiger partial charge in [0.05, 0.1) is 43.0 Å². The maximum Gasteiger partial charge on any atom is 0.230 e. The Hall–Kier alpha value is -5.97. The Kier molecular flexibility index (Phi) is 11.0. The van der Waals surface area contributed by atoms with E-state index in [9.17, 15) is 9.59 Å². The molecule has 0 saturated carbocycles. The number of H-pyrrole nitrogens is 1. The number of fused-ring (bicyclic) bond motifs is 2. The number of carbonyl (C=O) groups excluding carboxylic acids is 2. The van der Waals surface area contributed by atoms with E-state index >= 15 is 0 Å². The van der Waals surface area contributed by atoms with E-state index in [-0.39, 0.29) is 17.7 Å². The van der Waals surface area contributed by atoms with Gasteiger partial charge in [0.15, 0.2) is 0 Å². The van der Waals surface area contributed by atoms with Crippen molar-refractivity contribution >= 4 is 83.8 Å². The summed E-state index contributed by atoms with van der Waals surface area (Å²) in [4.78, 5) is 47.0. The van der Waals surface area contributed by atoms with Gasteiger partial charge >= 0.3 is 0 Å². The Morgan fingerprint density at radius 2 is 1.31 bits per heavy atom. The molecule has 3 aromatic heterocycles. The first kappa shape index (κ1) is 38.9. The standard InChI is InChI=1S/C48H46N6O2S2/c1-6-8-19-29(7-2)44(55)53-42-40(45-51-32-24-15-17-26-36(32)57-45)38(30-20-11-9-12-21-30)34(49-42)28-35-39(31-22-13-10-14-23-31)41(43(50-35)54-47(56)48(3,4)5)46-52-33-25-16-18-27-37(33)58-46/h9-18,20-29,49H,6-8,19H2,1-5H3,(H,53,55)(H,50,54,56). The van der Waals surface area contributed by atoms with E-state index in [1.165, 1.54) is 0 Å².